The smallest absolute Gasteiger partial charge is 0.223 e. The Balaban J connectivity index is 1.42. The fourth-order valence-corrected chi connectivity index (χ4v) is 3.63. The van der Waals surface area contributed by atoms with Gasteiger partial charge in [0.15, 0.2) is 0 Å². The Labute approximate surface area is 151 Å². The quantitative estimate of drug-likeness (QED) is 0.900. The molecule has 0 aromatic heterocycles. The number of nitrogens with one attached hydrogen (secondary N) is 1. The Morgan fingerprint density at radius 1 is 1.31 bits per heavy atom. The predicted molar refractivity (Wildman–Crippen MR) is 93.7 cm³/mol. The number of carbonyl (C=O) groups is 1. The van der Waals surface area contributed by atoms with Gasteiger partial charge in [-0.15, -0.1) is 0 Å². The highest BCUT2D eigenvalue weighted by Gasteiger charge is 2.46. The number of benzene rings is 2. The molecule has 3 atom stereocenters. The number of nitrogens with zero attached hydrogens (tertiary/aromatic N) is 1. The molecule has 1 N–H and O–H groups in total. The molecule has 1 amide bonds. The third kappa shape index (κ3) is 2.97. The molecule has 5 heteroatoms. The molecule has 2 aromatic rings. The molecule has 1 aliphatic carbocycles. The summed E-state index contributed by atoms with van der Waals surface area (Å²) >= 11 is 0. The van der Waals surface area contributed by atoms with Crippen molar-refractivity contribution in [2.45, 2.75) is 24.4 Å². The molecule has 26 heavy (non-hydrogen) atoms. The summed E-state index contributed by atoms with van der Waals surface area (Å²) < 4.78 is 19.3. The lowest BCUT2D eigenvalue weighted by Crippen LogP contribution is -2.50. The van der Waals surface area contributed by atoms with Crippen molar-refractivity contribution in [3.8, 4) is 6.07 Å². The summed E-state index contributed by atoms with van der Waals surface area (Å²) in [4.78, 5) is 12.5. The normalized spacial score (nSPS) is 26.5. The Hall–Kier alpha value is -2.71. The molecule has 132 valence electrons. The van der Waals surface area contributed by atoms with E-state index in [0.29, 0.717) is 13.2 Å². The lowest BCUT2D eigenvalue weighted by molar-refractivity contribution is -0.155. The molecule has 1 saturated heterocycles. The van der Waals surface area contributed by atoms with Gasteiger partial charge in [-0.25, -0.2) is 4.39 Å². The van der Waals surface area contributed by atoms with Crippen LogP contribution < -0.4 is 5.32 Å². The minimum atomic E-state index is -0.661. The molecule has 4 nitrogen and oxygen atoms in total. The third-order valence-corrected chi connectivity index (χ3v) is 5.40. The van der Waals surface area contributed by atoms with Gasteiger partial charge in [0, 0.05) is 12.3 Å². The van der Waals surface area contributed by atoms with Crippen LogP contribution in [0.4, 0.5) is 4.39 Å². The van der Waals surface area contributed by atoms with E-state index < -0.39 is 11.4 Å². The maximum atomic E-state index is 13.6. The summed E-state index contributed by atoms with van der Waals surface area (Å²) in [7, 11) is 0. The first-order valence-corrected chi connectivity index (χ1v) is 8.80. The van der Waals surface area contributed by atoms with Crippen LogP contribution in [0.5, 0.6) is 0 Å². The zero-order chi connectivity index (χ0) is 18.1. The molecule has 1 saturated carbocycles. The second-order valence-corrected chi connectivity index (χ2v) is 6.98. The van der Waals surface area contributed by atoms with Crippen LogP contribution in [0.3, 0.4) is 0 Å². The molecule has 2 fully saturated rings. The van der Waals surface area contributed by atoms with Gasteiger partial charge in [0.2, 0.25) is 5.91 Å². The Kier molecular flexibility index (Phi) is 4.21. The SMILES string of the molecule is N#Cc1cc(C2(CNC(=O)[C@H]3C[C@@H]3c3ccccc3)CCO2)ccc1F. The van der Waals surface area contributed by atoms with Crippen molar-refractivity contribution in [3.05, 3.63) is 71.0 Å². The Bertz CT molecular complexity index is 871. The van der Waals surface area contributed by atoms with Gasteiger partial charge in [0.25, 0.3) is 0 Å². The molecule has 1 aliphatic heterocycles. The van der Waals surface area contributed by atoms with Gasteiger partial charge in [0.1, 0.15) is 17.5 Å². The van der Waals surface area contributed by atoms with Crippen LogP contribution in [0, 0.1) is 23.1 Å². The molecular formula is C21H19FN2O2. The van der Waals surface area contributed by atoms with Gasteiger partial charge in [-0.2, -0.15) is 5.26 Å². The van der Waals surface area contributed by atoms with E-state index in [2.05, 4.69) is 17.4 Å². The average Bonchev–Trinajstić information content (AvgIpc) is 3.43. The van der Waals surface area contributed by atoms with Crippen molar-refractivity contribution in [3.63, 3.8) is 0 Å². The second-order valence-electron chi connectivity index (χ2n) is 6.98. The highest BCUT2D eigenvalue weighted by atomic mass is 19.1. The lowest BCUT2D eigenvalue weighted by atomic mass is 9.85. The number of carbonyl (C=O) groups excluding carboxylic acids is 1. The van der Waals surface area contributed by atoms with Crippen molar-refractivity contribution in [2.75, 3.05) is 13.2 Å². The summed E-state index contributed by atoms with van der Waals surface area (Å²) in [6.45, 7) is 0.922. The number of amides is 1. The average molecular weight is 350 g/mol. The number of hydrogen-bond acceptors (Lipinski definition) is 3. The zero-order valence-corrected chi connectivity index (χ0v) is 14.2. The first-order valence-electron chi connectivity index (χ1n) is 8.80. The zero-order valence-electron chi connectivity index (χ0n) is 14.2. The van der Waals surface area contributed by atoms with E-state index in [1.54, 1.807) is 6.07 Å². The van der Waals surface area contributed by atoms with E-state index in [1.165, 1.54) is 17.7 Å². The van der Waals surface area contributed by atoms with Gasteiger partial charge in [-0.3, -0.25) is 4.79 Å². The van der Waals surface area contributed by atoms with Gasteiger partial charge < -0.3 is 10.1 Å². The van der Waals surface area contributed by atoms with E-state index in [4.69, 9.17) is 10.00 Å². The van der Waals surface area contributed by atoms with Crippen molar-refractivity contribution in [1.29, 1.82) is 5.26 Å². The minimum absolute atomic E-state index is 0.00239. The van der Waals surface area contributed by atoms with Gasteiger partial charge >= 0.3 is 0 Å². The van der Waals surface area contributed by atoms with Crippen molar-refractivity contribution in [2.24, 2.45) is 5.92 Å². The van der Waals surface area contributed by atoms with Crippen LogP contribution in [0.2, 0.25) is 0 Å². The maximum absolute atomic E-state index is 13.6. The maximum Gasteiger partial charge on any atom is 0.223 e. The Morgan fingerprint density at radius 3 is 2.73 bits per heavy atom. The van der Waals surface area contributed by atoms with Crippen LogP contribution in [0.1, 0.15) is 35.4 Å². The van der Waals surface area contributed by atoms with E-state index in [1.807, 2.05) is 24.3 Å². The van der Waals surface area contributed by atoms with Crippen molar-refractivity contribution >= 4 is 5.91 Å². The predicted octanol–water partition coefficient (Wildman–Crippen LogP) is 3.23. The topological polar surface area (TPSA) is 62.1 Å². The highest BCUT2D eigenvalue weighted by molar-refractivity contribution is 5.83. The number of ether oxygens (including phenoxy) is 1. The highest BCUT2D eigenvalue weighted by Crippen LogP contribution is 2.47. The monoisotopic (exact) mass is 350 g/mol. The van der Waals surface area contributed by atoms with E-state index in [9.17, 15) is 9.18 Å². The van der Waals surface area contributed by atoms with Crippen LogP contribution >= 0.6 is 0 Å². The number of hydrogen-bond donors (Lipinski definition) is 1. The summed E-state index contributed by atoms with van der Waals surface area (Å²) in [5.41, 5.74) is 1.26. The summed E-state index contributed by atoms with van der Waals surface area (Å²) in [5, 5.41) is 12.0. The summed E-state index contributed by atoms with van der Waals surface area (Å²) in [6, 6.07) is 16.3. The van der Waals surface area contributed by atoms with E-state index >= 15 is 0 Å². The fraction of sp³-hybridized carbons (Fsp3) is 0.333. The molecule has 2 aliphatic rings. The molecule has 2 aromatic carbocycles. The first-order chi connectivity index (χ1) is 12.6. The fourth-order valence-electron chi connectivity index (χ4n) is 3.63. The molecule has 0 spiro atoms. The summed E-state index contributed by atoms with van der Waals surface area (Å²) in [5.74, 6) is -0.238. The third-order valence-electron chi connectivity index (χ3n) is 5.40. The standard InChI is InChI=1S/C21H19FN2O2/c22-19-7-6-16(10-15(19)12-23)21(8-9-26-21)13-24-20(25)18-11-17(18)14-4-2-1-3-5-14/h1-7,10,17-18H,8-9,11,13H2,(H,24,25)/t17-,18+,21?/m1/s1. The first kappa shape index (κ1) is 16.7. The minimum Gasteiger partial charge on any atom is -0.368 e. The largest absolute Gasteiger partial charge is 0.368 e. The molecule has 4 rings (SSSR count). The van der Waals surface area contributed by atoms with Gasteiger partial charge in [0.05, 0.1) is 18.7 Å². The van der Waals surface area contributed by atoms with E-state index in [-0.39, 0.29) is 23.3 Å². The molecule has 0 bridgehead atoms. The van der Waals surface area contributed by atoms with Gasteiger partial charge in [-0.05, 0) is 35.6 Å². The van der Waals surface area contributed by atoms with Crippen LogP contribution in [-0.2, 0) is 15.1 Å². The molecular weight excluding hydrogens is 331 g/mol. The van der Waals surface area contributed by atoms with Crippen molar-refractivity contribution < 1.29 is 13.9 Å². The lowest BCUT2D eigenvalue weighted by Gasteiger charge is -2.42. The molecule has 0 radical (unpaired) electrons. The van der Waals surface area contributed by atoms with E-state index in [0.717, 1.165) is 18.4 Å². The second kappa shape index (κ2) is 6.54. The number of rotatable bonds is 5. The Morgan fingerprint density at radius 2 is 2.08 bits per heavy atom. The number of nitriles is 1. The van der Waals surface area contributed by atoms with Crippen LogP contribution in [-0.4, -0.2) is 19.1 Å². The molecule has 1 unspecified atom stereocenters. The van der Waals surface area contributed by atoms with Crippen molar-refractivity contribution in [1.82, 2.24) is 5.32 Å². The van der Waals surface area contributed by atoms with Gasteiger partial charge in [-0.1, -0.05) is 36.4 Å². The molecule has 1 heterocycles. The van der Waals surface area contributed by atoms with Crippen LogP contribution in [0.25, 0.3) is 0 Å². The van der Waals surface area contributed by atoms with Crippen LogP contribution in [0.15, 0.2) is 48.5 Å². The number of halogens is 1. The summed E-state index contributed by atoms with van der Waals surface area (Å²) in [6.07, 6.45) is 1.59.